The van der Waals surface area contributed by atoms with Gasteiger partial charge in [0.1, 0.15) is 12.7 Å². The molecule has 40 heavy (non-hydrogen) atoms. The van der Waals surface area contributed by atoms with Gasteiger partial charge in [-0.2, -0.15) is 0 Å². The van der Waals surface area contributed by atoms with Gasteiger partial charge in [0, 0.05) is 41.5 Å². The second-order valence-electron chi connectivity index (χ2n) is 9.05. The van der Waals surface area contributed by atoms with Crippen LogP contribution in [0.1, 0.15) is 48.5 Å². The lowest BCUT2D eigenvalue weighted by atomic mass is 9.96. The molecule has 0 bridgehead atoms. The molecular weight excluding hydrogens is 544 g/mol. The van der Waals surface area contributed by atoms with E-state index in [4.69, 9.17) is 42.6 Å². The van der Waals surface area contributed by atoms with Crippen molar-refractivity contribution in [2.75, 3.05) is 6.61 Å². The lowest BCUT2D eigenvalue weighted by Gasteiger charge is -2.47. The maximum atomic E-state index is 12.0. The highest BCUT2D eigenvalue weighted by molar-refractivity contribution is 5.69. The van der Waals surface area contributed by atoms with Gasteiger partial charge in [0.2, 0.25) is 0 Å². The van der Waals surface area contributed by atoms with E-state index in [-0.39, 0.29) is 0 Å². The number of carbonyl (C=O) groups excluding carboxylic acids is 6. The lowest BCUT2D eigenvalue weighted by molar-refractivity contribution is -0.360. The standard InChI is InChI=1S/C24H34O16/c1-9-17(34-11(3)26)19(36-13(5)28)22(38-15(7)30)24(33-9)40-21-20(37-14(6)29)18(35-12(4)27)16(39-23(21)31)8-32-10(2)25/h9,16-24,31H,8H2,1-7H3/t9-,16+,17+,18-,19+,20-,21+,22-,23?,24-/m0/s1. The van der Waals surface area contributed by atoms with Crippen molar-refractivity contribution in [1.29, 1.82) is 0 Å². The zero-order chi connectivity index (χ0) is 30.3. The molecule has 2 aliphatic rings. The fraction of sp³-hybridized carbons (Fsp3) is 0.750. The van der Waals surface area contributed by atoms with Crippen molar-refractivity contribution in [3.8, 4) is 0 Å². The van der Waals surface area contributed by atoms with Gasteiger partial charge < -0.3 is 47.7 Å². The van der Waals surface area contributed by atoms with E-state index < -0.39 is 104 Å². The van der Waals surface area contributed by atoms with Gasteiger partial charge >= 0.3 is 35.8 Å². The average molecular weight is 579 g/mol. The normalized spacial score (nSPS) is 33.6. The summed E-state index contributed by atoms with van der Waals surface area (Å²) in [4.78, 5) is 70.9. The molecule has 2 saturated heterocycles. The minimum atomic E-state index is -1.90. The first kappa shape index (κ1) is 32.9. The van der Waals surface area contributed by atoms with E-state index in [9.17, 15) is 33.9 Å². The molecule has 1 unspecified atom stereocenters. The second-order valence-corrected chi connectivity index (χ2v) is 9.05. The van der Waals surface area contributed by atoms with E-state index in [0.717, 1.165) is 41.5 Å². The smallest absolute Gasteiger partial charge is 0.303 e. The Balaban J connectivity index is 2.49. The fourth-order valence-electron chi connectivity index (χ4n) is 4.27. The highest BCUT2D eigenvalue weighted by Crippen LogP contribution is 2.34. The molecule has 0 spiro atoms. The van der Waals surface area contributed by atoms with Crippen LogP contribution in [0.15, 0.2) is 0 Å². The third-order valence-corrected chi connectivity index (χ3v) is 5.59. The number of esters is 6. The van der Waals surface area contributed by atoms with Crippen LogP contribution in [0.2, 0.25) is 0 Å². The van der Waals surface area contributed by atoms with Gasteiger partial charge in [0.15, 0.2) is 49.2 Å². The Hall–Kier alpha value is -3.34. The summed E-state index contributed by atoms with van der Waals surface area (Å²) in [5, 5.41) is 10.8. The Morgan fingerprint density at radius 2 is 1.00 bits per heavy atom. The number of hydrogen-bond donors (Lipinski definition) is 1. The van der Waals surface area contributed by atoms with E-state index in [1.807, 2.05) is 0 Å². The van der Waals surface area contributed by atoms with Crippen molar-refractivity contribution in [3.05, 3.63) is 0 Å². The third kappa shape index (κ3) is 9.11. The maximum absolute atomic E-state index is 12.0. The highest BCUT2D eigenvalue weighted by Gasteiger charge is 2.56. The Morgan fingerprint density at radius 1 is 0.575 bits per heavy atom. The molecule has 0 saturated carbocycles. The van der Waals surface area contributed by atoms with Crippen molar-refractivity contribution in [1.82, 2.24) is 0 Å². The molecule has 0 aliphatic carbocycles. The molecule has 0 aromatic heterocycles. The fourth-order valence-corrected chi connectivity index (χ4v) is 4.27. The van der Waals surface area contributed by atoms with Gasteiger partial charge in [-0.15, -0.1) is 0 Å². The molecule has 0 radical (unpaired) electrons. The van der Waals surface area contributed by atoms with Crippen molar-refractivity contribution in [2.45, 2.75) is 110 Å². The number of rotatable bonds is 9. The Kier molecular flexibility index (Phi) is 11.8. The Bertz CT molecular complexity index is 965. The molecule has 16 nitrogen and oxygen atoms in total. The minimum Gasteiger partial charge on any atom is -0.463 e. The molecular formula is C24H34O16. The van der Waals surface area contributed by atoms with Crippen LogP contribution in [-0.2, 0) is 71.4 Å². The van der Waals surface area contributed by atoms with Gasteiger partial charge in [-0.1, -0.05) is 0 Å². The first-order valence-corrected chi connectivity index (χ1v) is 12.2. The summed E-state index contributed by atoms with van der Waals surface area (Å²) in [5.74, 6) is -4.80. The molecule has 2 fully saturated rings. The maximum Gasteiger partial charge on any atom is 0.303 e. The van der Waals surface area contributed by atoms with Crippen LogP contribution in [-0.4, -0.2) is 109 Å². The first-order valence-electron chi connectivity index (χ1n) is 12.2. The van der Waals surface area contributed by atoms with Crippen LogP contribution in [0.4, 0.5) is 0 Å². The molecule has 0 aromatic carbocycles. The van der Waals surface area contributed by atoms with E-state index in [1.54, 1.807) is 0 Å². The van der Waals surface area contributed by atoms with Crippen molar-refractivity contribution < 1.29 is 76.5 Å². The molecule has 0 amide bonds. The summed E-state index contributed by atoms with van der Waals surface area (Å²) in [6.07, 6.45) is -14.7. The molecule has 226 valence electrons. The van der Waals surface area contributed by atoms with Crippen LogP contribution in [0, 0.1) is 0 Å². The van der Waals surface area contributed by atoms with Crippen LogP contribution in [0.5, 0.6) is 0 Å². The van der Waals surface area contributed by atoms with Crippen molar-refractivity contribution in [2.24, 2.45) is 0 Å². The van der Waals surface area contributed by atoms with Gasteiger partial charge in [0.25, 0.3) is 0 Å². The van der Waals surface area contributed by atoms with Crippen LogP contribution < -0.4 is 0 Å². The van der Waals surface area contributed by atoms with Crippen LogP contribution in [0.3, 0.4) is 0 Å². The highest BCUT2D eigenvalue weighted by atomic mass is 16.8. The van der Waals surface area contributed by atoms with Crippen LogP contribution >= 0.6 is 0 Å². The number of aliphatic hydroxyl groups is 1. The van der Waals surface area contributed by atoms with E-state index >= 15 is 0 Å². The summed E-state index contributed by atoms with van der Waals surface area (Å²) >= 11 is 0. The second kappa shape index (κ2) is 14.3. The quantitative estimate of drug-likeness (QED) is 0.259. The SMILES string of the molecule is CC(=O)OC[C@H]1OC(O)[C@H](O[C@@H]2O[C@@H](C)[C@@H](OC(C)=O)[C@@H](OC(C)=O)[C@@H]2OC(C)=O)[C@@H](OC(C)=O)[C@H]1OC(C)=O. The lowest BCUT2D eigenvalue weighted by Crippen LogP contribution is -2.66. The minimum absolute atomic E-state index is 0.486. The average Bonchev–Trinajstić information content (AvgIpc) is 2.80. The molecule has 2 aliphatic heterocycles. The van der Waals surface area contributed by atoms with Crippen LogP contribution in [0.25, 0.3) is 0 Å². The van der Waals surface area contributed by atoms with Gasteiger partial charge in [-0.05, 0) is 6.92 Å². The molecule has 10 atom stereocenters. The molecule has 1 N–H and O–H groups in total. The summed E-state index contributed by atoms with van der Waals surface area (Å²) in [6.45, 7) is 7.45. The summed E-state index contributed by atoms with van der Waals surface area (Å²) in [5.41, 5.74) is 0. The van der Waals surface area contributed by atoms with E-state index in [2.05, 4.69) is 0 Å². The molecule has 2 heterocycles. The number of hydrogen-bond acceptors (Lipinski definition) is 16. The summed E-state index contributed by atoms with van der Waals surface area (Å²) in [7, 11) is 0. The van der Waals surface area contributed by atoms with Gasteiger partial charge in [-0.25, -0.2) is 0 Å². The number of ether oxygens (including phenoxy) is 9. The Labute approximate surface area is 229 Å². The predicted molar refractivity (Wildman–Crippen MR) is 124 cm³/mol. The van der Waals surface area contributed by atoms with Crippen molar-refractivity contribution in [3.63, 3.8) is 0 Å². The van der Waals surface area contributed by atoms with Gasteiger partial charge in [-0.3, -0.25) is 28.8 Å². The monoisotopic (exact) mass is 578 g/mol. The topological polar surface area (TPSA) is 206 Å². The summed E-state index contributed by atoms with van der Waals surface area (Å²) < 4.78 is 48.6. The zero-order valence-corrected chi connectivity index (χ0v) is 23.1. The van der Waals surface area contributed by atoms with E-state index in [0.29, 0.717) is 0 Å². The molecule has 2 rings (SSSR count). The first-order chi connectivity index (χ1) is 18.6. The zero-order valence-electron chi connectivity index (χ0n) is 23.1. The molecule has 16 heteroatoms. The third-order valence-electron chi connectivity index (χ3n) is 5.59. The Morgan fingerprint density at radius 3 is 1.48 bits per heavy atom. The van der Waals surface area contributed by atoms with Crippen molar-refractivity contribution >= 4 is 35.8 Å². The largest absolute Gasteiger partial charge is 0.463 e. The molecule has 0 aromatic rings. The number of carbonyl (C=O) groups is 6. The van der Waals surface area contributed by atoms with Gasteiger partial charge in [0.05, 0.1) is 6.10 Å². The number of aliphatic hydroxyl groups excluding tert-OH is 1. The summed E-state index contributed by atoms with van der Waals surface area (Å²) in [6, 6.07) is 0. The predicted octanol–water partition coefficient (Wildman–Crippen LogP) is -0.945. The van der Waals surface area contributed by atoms with E-state index in [1.165, 1.54) is 6.92 Å².